The van der Waals surface area contributed by atoms with Gasteiger partial charge in [-0.3, -0.25) is 0 Å². The van der Waals surface area contributed by atoms with E-state index in [0.29, 0.717) is 19.5 Å². The van der Waals surface area contributed by atoms with Crippen LogP contribution in [0.15, 0.2) is 12.1 Å². The van der Waals surface area contributed by atoms with Crippen LogP contribution in [0, 0.1) is 0 Å². The van der Waals surface area contributed by atoms with Crippen LogP contribution >= 0.6 is 0 Å². The highest BCUT2D eigenvalue weighted by Gasteiger charge is 2.18. The summed E-state index contributed by atoms with van der Waals surface area (Å²) in [6, 6.07) is 3.95. The van der Waals surface area contributed by atoms with Crippen molar-refractivity contribution in [1.29, 1.82) is 0 Å². The van der Waals surface area contributed by atoms with Crippen LogP contribution in [0.25, 0.3) is 0 Å². The zero-order valence-electron chi connectivity index (χ0n) is 11.2. The molecular weight excluding hydrogens is 230 g/mol. The van der Waals surface area contributed by atoms with Crippen molar-refractivity contribution >= 4 is 11.9 Å². The van der Waals surface area contributed by atoms with E-state index in [1.807, 2.05) is 33.0 Å². The van der Waals surface area contributed by atoms with E-state index >= 15 is 0 Å². The Labute approximate surface area is 108 Å². The number of carbonyl (C=O) groups is 1. The number of anilines is 1. The van der Waals surface area contributed by atoms with Gasteiger partial charge in [-0.05, 0) is 18.1 Å². The van der Waals surface area contributed by atoms with Crippen molar-refractivity contribution in [2.45, 2.75) is 26.7 Å². The van der Waals surface area contributed by atoms with Gasteiger partial charge in [-0.2, -0.15) is 0 Å². The molecule has 5 nitrogen and oxygen atoms in total. The predicted octanol–water partition coefficient (Wildman–Crippen LogP) is 2.23. The number of hydrogen-bond donors (Lipinski definition) is 2. The van der Waals surface area contributed by atoms with E-state index in [0.717, 1.165) is 23.5 Å². The molecule has 0 bridgehead atoms. The summed E-state index contributed by atoms with van der Waals surface area (Å²) in [4.78, 5) is 16.8. The van der Waals surface area contributed by atoms with Crippen LogP contribution in [-0.2, 0) is 12.8 Å². The molecule has 1 aliphatic rings. The maximum absolute atomic E-state index is 10.9. The number of rotatable bonds is 1. The Morgan fingerprint density at radius 2 is 2.00 bits per heavy atom. The zero-order chi connectivity index (χ0) is 13.5. The summed E-state index contributed by atoms with van der Waals surface area (Å²) in [7, 11) is 1.83. The lowest BCUT2D eigenvalue weighted by atomic mass is 10.1. The van der Waals surface area contributed by atoms with E-state index in [-0.39, 0.29) is 0 Å². The van der Waals surface area contributed by atoms with Gasteiger partial charge >= 0.3 is 6.09 Å². The molecule has 0 spiro atoms. The average Bonchev–Trinajstić information content (AvgIpc) is 2.62. The molecule has 0 atom stereocenters. The number of hydrogen-bond acceptors (Lipinski definition) is 3. The van der Waals surface area contributed by atoms with Crippen LogP contribution in [0.2, 0.25) is 0 Å². The van der Waals surface area contributed by atoms with Crippen LogP contribution in [0.3, 0.4) is 0 Å². The lowest BCUT2D eigenvalue weighted by Crippen LogP contribution is -2.31. The maximum atomic E-state index is 10.9. The molecule has 0 fully saturated rings. The molecule has 0 unspecified atom stereocenters. The van der Waals surface area contributed by atoms with Crippen LogP contribution in [0.1, 0.15) is 25.1 Å². The minimum Gasteiger partial charge on any atom is -0.465 e. The molecule has 0 aliphatic carbocycles. The topological polar surface area (TPSA) is 65.5 Å². The van der Waals surface area contributed by atoms with Crippen molar-refractivity contribution in [3.8, 4) is 0 Å². The van der Waals surface area contributed by atoms with Crippen molar-refractivity contribution in [2.24, 2.45) is 0 Å². The molecular formula is C13H21N3O2. The van der Waals surface area contributed by atoms with Crippen LogP contribution in [0.5, 0.6) is 0 Å². The second-order valence-corrected chi connectivity index (χ2v) is 3.82. The number of amides is 1. The molecule has 0 radical (unpaired) electrons. The molecule has 1 aliphatic heterocycles. The van der Waals surface area contributed by atoms with E-state index < -0.39 is 6.09 Å². The molecule has 1 aromatic heterocycles. The van der Waals surface area contributed by atoms with Gasteiger partial charge in [-0.15, -0.1) is 0 Å². The number of nitrogens with zero attached hydrogens (tertiary/aromatic N) is 2. The second kappa shape index (κ2) is 6.83. The first-order chi connectivity index (χ1) is 8.70. The molecule has 5 heteroatoms. The lowest BCUT2D eigenvalue weighted by Gasteiger charge is -2.14. The summed E-state index contributed by atoms with van der Waals surface area (Å²) >= 11 is 0. The van der Waals surface area contributed by atoms with Crippen molar-refractivity contribution in [3.63, 3.8) is 0 Å². The zero-order valence-corrected chi connectivity index (χ0v) is 11.2. The Hall–Kier alpha value is -1.78. The van der Waals surface area contributed by atoms with Gasteiger partial charge in [-0.1, -0.05) is 19.9 Å². The van der Waals surface area contributed by atoms with E-state index in [1.165, 1.54) is 4.90 Å². The highest BCUT2D eigenvalue weighted by Crippen LogP contribution is 2.16. The molecule has 2 heterocycles. The van der Waals surface area contributed by atoms with Gasteiger partial charge in [0.1, 0.15) is 5.82 Å². The van der Waals surface area contributed by atoms with Gasteiger partial charge in [-0.25, -0.2) is 9.78 Å². The molecule has 1 aromatic rings. The largest absolute Gasteiger partial charge is 0.465 e. The third-order valence-electron chi connectivity index (χ3n) is 2.86. The Morgan fingerprint density at radius 3 is 2.61 bits per heavy atom. The van der Waals surface area contributed by atoms with Gasteiger partial charge < -0.3 is 15.3 Å². The van der Waals surface area contributed by atoms with Gasteiger partial charge in [0.05, 0.1) is 0 Å². The number of pyridine rings is 1. The average molecular weight is 251 g/mol. The molecule has 1 amide bonds. The fourth-order valence-electron chi connectivity index (χ4n) is 1.91. The first-order valence-electron chi connectivity index (χ1n) is 6.35. The summed E-state index contributed by atoms with van der Waals surface area (Å²) in [5, 5.41) is 11.9. The molecule has 0 saturated carbocycles. The normalized spacial score (nSPS) is 13.8. The standard InChI is InChI=1S/C11H15N3O2.C2H6/c1-12-10-3-2-8-4-6-14(11(15)16)7-5-9(8)13-10;1-2/h2-3H,4-7H2,1H3,(H,12,13)(H,15,16);1-2H3. The molecule has 100 valence electrons. The van der Waals surface area contributed by atoms with Gasteiger partial charge in [0.2, 0.25) is 0 Å². The van der Waals surface area contributed by atoms with Crippen LogP contribution < -0.4 is 5.32 Å². The SMILES string of the molecule is CC.CNc1ccc2c(n1)CCN(C(=O)O)CC2. The molecule has 0 saturated heterocycles. The summed E-state index contributed by atoms with van der Waals surface area (Å²) < 4.78 is 0. The second-order valence-electron chi connectivity index (χ2n) is 3.82. The van der Waals surface area contributed by atoms with E-state index in [2.05, 4.69) is 10.3 Å². The summed E-state index contributed by atoms with van der Waals surface area (Å²) in [6.07, 6.45) is 0.595. The van der Waals surface area contributed by atoms with Gasteiger partial charge in [0.25, 0.3) is 0 Å². The van der Waals surface area contributed by atoms with Gasteiger partial charge in [0, 0.05) is 32.3 Å². The Bertz CT molecular complexity index is 407. The predicted molar refractivity (Wildman–Crippen MR) is 72.1 cm³/mol. The first kappa shape index (κ1) is 14.3. The molecule has 18 heavy (non-hydrogen) atoms. The summed E-state index contributed by atoms with van der Waals surface area (Å²) in [5.74, 6) is 0.836. The van der Waals surface area contributed by atoms with Crippen molar-refractivity contribution in [3.05, 3.63) is 23.4 Å². The molecule has 0 aromatic carbocycles. The van der Waals surface area contributed by atoms with Crippen LogP contribution in [0.4, 0.5) is 10.6 Å². The van der Waals surface area contributed by atoms with Crippen LogP contribution in [-0.4, -0.2) is 41.2 Å². The highest BCUT2D eigenvalue weighted by molar-refractivity contribution is 5.65. The maximum Gasteiger partial charge on any atom is 0.407 e. The van der Waals surface area contributed by atoms with E-state index in [1.54, 1.807) is 0 Å². The Balaban J connectivity index is 0.000000771. The van der Waals surface area contributed by atoms with Crippen molar-refractivity contribution in [2.75, 3.05) is 25.5 Å². The Kier molecular flexibility index (Phi) is 5.42. The number of carboxylic acid groups (broad SMARTS) is 1. The summed E-state index contributed by atoms with van der Waals surface area (Å²) in [6.45, 7) is 5.09. The monoisotopic (exact) mass is 251 g/mol. The fourth-order valence-corrected chi connectivity index (χ4v) is 1.91. The number of aromatic nitrogens is 1. The minimum atomic E-state index is -0.846. The number of nitrogens with one attached hydrogen (secondary N) is 1. The minimum absolute atomic E-state index is 0.530. The Morgan fingerprint density at radius 1 is 1.33 bits per heavy atom. The lowest BCUT2D eigenvalue weighted by molar-refractivity contribution is 0.147. The number of fused-ring (bicyclic) bond motifs is 1. The third kappa shape index (κ3) is 3.35. The fraction of sp³-hybridized carbons (Fsp3) is 0.538. The van der Waals surface area contributed by atoms with Crippen molar-refractivity contribution in [1.82, 2.24) is 9.88 Å². The highest BCUT2D eigenvalue weighted by atomic mass is 16.4. The summed E-state index contributed by atoms with van der Waals surface area (Å²) in [5.41, 5.74) is 2.17. The molecule has 2 rings (SSSR count). The van der Waals surface area contributed by atoms with Gasteiger partial charge in [0.15, 0.2) is 0 Å². The third-order valence-corrected chi connectivity index (χ3v) is 2.86. The van der Waals surface area contributed by atoms with Crippen molar-refractivity contribution < 1.29 is 9.90 Å². The smallest absolute Gasteiger partial charge is 0.407 e. The van der Waals surface area contributed by atoms with E-state index in [9.17, 15) is 4.79 Å². The first-order valence-corrected chi connectivity index (χ1v) is 6.35. The quantitative estimate of drug-likeness (QED) is 0.803. The molecule has 2 N–H and O–H groups in total. The van der Waals surface area contributed by atoms with E-state index in [4.69, 9.17) is 5.11 Å².